The molecule has 3 amide bonds. The van der Waals surface area contributed by atoms with Gasteiger partial charge in [0.05, 0.1) is 0 Å². The van der Waals surface area contributed by atoms with Crippen LogP contribution in [-0.4, -0.2) is 41.9 Å². The summed E-state index contributed by atoms with van der Waals surface area (Å²) in [4.78, 5) is 25.4. The van der Waals surface area contributed by atoms with Crippen LogP contribution in [0.3, 0.4) is 0 Å². The molecule has 4 heteroatoms. The van der Waals surface area contributed by atoms with Gasteiger partial charge in [0.2, 0.25) is 5.91 Å². The highest BCUT2D eigenvalue weighted by Crippen LogP contribution is 2.01. The molecule has 0 fully saturated rings. The van der Waals surface area contributed by atoms with E-state index in [2.05, 4.69) is 0 Å². The van der Waals surface area contributed by atoms with Gasteiger partial charge in [0.15, 0.2) is 0 Å². The predicted octanol–water partition coefficient (Wildman–Crippen LogP) is 1.31. The molecule has 0 aliphatic heterocycles. The first-order chi connectivity index (χ1) is 5.91. The van der Waals surface area contributed by atoms with E-state index in [1.807, 2.05) is 13.8 Å². The Morgan fingerprint density at radius 1 is 1.23 bits per heavy atom. The van der Waals surface area contributed by atoms with Crippen LogP contribution in [0.25, 0.3) is 0 Å². The van der Waals surface area contributed by atoms with E-state index < -0.39 is 0 Å². The fourth-order valence-electron chi connectivity index (χ4n) is 0.801. The summed E-state index contributed by atoms with van der Waals surface area (Å²) in [5.41, 5.74) is 0. The minimum absolute atomic E-state index is 0.111. The Kier molecular flexibility index (Phi) is 4.45. The highest BCUT2D eigenvalue weighted by atomic mass is 16.2. The fourth-order valence-corrected chi connectivity index (χ4v) is 0.801. The molecule has 0 aromatic heterocycles. The molecule has 0 atom stereocenters. The van der Waals surface area contributed by atoms with E-state index >= 15 is 0 Å². The molecule has 76 valence electrons. The summed E-state index contributed by atoms with van der Waals surface area (Å²) in [6.07, 6.45) is 0.355. The van der Waals surface area contributed by atoms with E-state index in [4.69, 9.17) is 0 Å². The van der Waals surface area contributed by atoms with Gasteiger partial charge in [-0.15, -0.1) is 0 Å². The maximum atomic E-state index is 11.5. The van der Waals surface area contributed by atoms with Gasteiger partial charge in [-0.25, -0.2) is 4.79 Å². The first-order valence-electron chi connectivity index (χ1n) is 4.45. The second kappa shape index (κ2) is 4.84. The van der Waals surface area contributed by atoms with Gasteiger partial charge in [-0.1, -0.05) is 6.92 Å². The van der Waals surface area contributed by atoms with E-state index in [9.17, 15) is 9.59 Å². The van der Waals surface area contributed by atoms with Crippen molar-refractivity contribution >= 4 is 11.9 Å². The highest BCUT2D eigenvalue weighted by Gasteiger charge is 2.20. The number of imide groups is 1. The van der Waals surface area contributed by atoms with Crippen molar-refractivity contribution in [2.75, 3.05) is 14.1 Å². The predicted molar refractivity (Wildman–Crippen MR) is 51.4 cm³/mol. The lowest BCUT2D eigenvalue weighted by Crippen LogP contribution is -2.44. The monoisotopic (exact) mass is 186 g/mol. The van der Waals surface area contributed by atoms with Crippen molar-refractivity contribution in [2.24, 2.45) is 0 Å². The maximum Gasteiger partial charge on any atom is 0.326 e. The Balaban J connectivity index is 4.34. The smallest absolute Gasteiger partial charge is 0.325 e. The molecular weight excluding hydrogens is 168 g/mol. The number of hydrogen-bond donors (Lipinski definition) is 0. The minimum Gasteiger partial charge on any atom is -0.325 e. The lowest BCUT2D eigenvalue weighted by atomic mass is 10.3. The number of hydrogen-bond acceptors (Lipinski definition) is 2. The number of nitrogens with zero attached hydrogens (tertiary/aromatic N) is 2. The molecule has 0 aromatic carbocycles. The quantitative estimate of drug-likeness (QED) is 0.652. The fraction of sp³-hybridized carbons (Fsp3) is 0.778. The van der Waals surface area contributed by atoms with E-state index in [-0.39, 0.29) is 18.0 Å². The molecule has 13 heavy (non-hydrogen) atoms. The molecule has 0 saturated heterocycles. The Hall–Kier alpha value is -1.06. The van der Waals surface area contributed by atoms with Crippen molar-refractivity contribution in [2.45, 2.75) is 33.2 Å². The van der Waals surface area contributed by atoms with Gasteiger partial charge in [-0.3, -0.25) is 9.69 Å². The molecule has 0 spiro atoms. The van der Waals surface area contributed by atoms with E-state index in [0.29, 0.717) is 6.42 Å². The Morgan fingerprint density at radius 2 is 1.69 bits per heavy atom. The lowest BCUT2D eigenvalue weighted by Gasteiger charge is -2.26. The SMILES string of the molecule is CCC(=O)N(C)C(=O)N(C)C(C)C. The van der Waals surface area contributed by atoms with Crippen molar-refractivity contribution in [3.05, 3.63) is 0 Å². The number of carbonyl (C=O) groups is 2. The van der Waals surface area contributed by atoms with Gasteiger partial charge < -0.3 is 4.90 Å². The Labute approximate surface area is 79.5 Å². The summed E-state index contributed by atoms with van der Waals surface area (Å²) in [6.45, 7) is 5.55. The second-order valence-corrected chi connectivity index (χ2v) is 3.29. The van der Waals surface area contributed by atoms with E-state index in [1.54, 1.807) is 14.0 Å². The van der Waals surface area contributed by atoms with Crippen LogP contribution >= 0.6 is 0 Å². The third-order valence-corrected chi connectivity index (χ3v) is 2.04. The zero-order chi connectivity index (χ0) is 10.6. The van der Waals surface area contributed by atoms with Crippen LogP contribution in [0.1, 0.15) is 27.2 Å². The lowest BCUT2D eigenvalue weighted by molar-refractivity contribution is -0.127. The molecule has 0 aromatic rings. The van der Waals surface area contributed by atoms with Gasteiger partial charge in [-0.05, 0) is 13.8 Å². The van der Waals surface area contributed by atoms with Crippen LogP contribution in [0.2, 0.25) is 0 Å². The summed E-state index contributed by atoms with van der Waals surface area (Å²) in [5.74, 6) is -0.155. The zero-order valence-electron chi connectivity index (χ0n) is 9.00. The van der Waals surface area contributed by atoms with Crippen molar-refractivity contribution in [1.29, 1.82) is 0 Å². The van der Waals surface area contributed by atoms with Crippen LogP contribution in [0.15, 0.2) is 0 Å². The third-order valence-electron chi connectivity index (χ3n) is 2.04. The van der Waals surface area contributed by atoms with Gasteiger partial charge >= 0.3 is 6.03 Å². The van der Waals surface area contributed by atoms with Crippen molar-refractivity contribution in [1.82, 2.24) is 9.80 Å². The average molecular weight is 186 g/mol. The number of urea groups is 1. The van der Waals surface area contributed by atoms with Crippen LogP contribution in [0.5, 0.6) is 0 Å². The van der Waals surface area contributed by atoms with Crippen LogP contribution in [0.4, 0.5) is 4.79 Å². The maximum absolute atomic E-state index is 11.5. The zero-order valence-corrected chi connectivity index (χ0v) is 9.00. The molecule has 0 N–H and O–H groups in total. The summed E-state index contributed by atoms with van der Waals surface area (Å²) < 4.78 is 0. The molecule has 4 nitrogen and oxygen atoms in total. The highest BCUT2D eigenvalue weighted by molar-refractivity contribution is 5.93. The van der Waals surface area contributed by atoms with E-state index in [1.165, 1.54) is 11.9 Å². The Morgan fingerprint density at radius 3 is 2.00 bits per heavy atom. The largest absolute Gasteiger partial charge is 0.326 e. The van der Waals surface area contributed by atoms with Gasteiger partial charge in [0, 0.05) is 26.6 Å². The molecule has 0 aliphatic carbocycles. The number of amides is 3. The van der Waals surface area contributed by atoms with Crippen molar-refractivity contribution < 1.29 is 9.59 Å². The molecule has 0 unspecified atom stereocenters. The summed E-state index contributed by atoms with van der Waals surface area (Å²) in [7, 11) is 3.19. The number of rotatable bonds is 2. The molecular formula is C9H18N2O2. The summed E-state index contributed by atoms with van der Waals surface area (Å²) in [6, 6.07) is -0.138. The summed E-state index contributed by atoms with van der Waals surface area (Å²) >= 11 is 0. The van der Waals surface area contributed by atoms with Gasteiger partial charge in [0.25, 0.3) is 0 Å². The first-order valence-corrected chi connectivity index (χ1v) is 4.45. The van der Waals surface area contributed by atoms with Crippen LogP contribution in [-0.2, 0) is 4.79 Å². The summed E-state index contributed by atoms with van der Waals surface area (Å²) in [5, 5.41) is 0. The minimum atomic E-state index is -0.248. The molecule has 0 radical (unpaired) electrons. The first kappa shape index (κ1) is 11.9. The van der Waals surface area contributed by atoms with Gasteiger partial charge in [-0.2, -0.15) is 0 Å². The standard InChI is InChI=1S/C9H18N2O2/c1-6-8(12)11(5)9(13)10(4)7(2)3/h7H,6H2,1-5H3. The molecule has 0 saturated carbocycles. The Bertz CT molecular complexity index is 202. The van der Waals surface area contributed by atoms with Crippen LogP contribution in [0, 0.1) is 0 Å². The van der Waals surface area contributed by atoms with Crippen LogP contribution < -0.4 is 0 Å². The second-order valence-electron chi connectivity index (χ2n) is 3.29. The molecule has 0 bridgehead atoms. The van der Waals surface area contributed by atoms with Crippen molar-refractivity contribution in [3.8, 4) is 0 Å². The molecule has 0 heterocycles. The van der Waals surface area contributed by atoms with Crippen molar-refractivity contribution in [3.63, 3.8) is 0 Å². The topological polar surface area (TPSA) is 40.6 Å². The average Bonchev–Trinajstić information content (AvgIpc) is 2.12. The number of carbonyl (C=O) groups excluding carboxylic acids is 2. The van der Waals surface area contributed by atoms with Gasteiger partial charge in [0.1, 0.15) is 0 Å². The third kappa shape index (κ3) is 3.05. The van der Waals surface area contributed by atoms with E-state index in [0.717, 1.165) is 4.90 Å². The molecule has 0 rings (SSSR count). The molecule has 0 aliphatic rings. The normalized spacial score (nSPS) is 10.0.